The minimum absolute atomic E-state index is 0.0248. The SMILES string of the molecule is CCCCc1noc(CN2CCN(C(=O)NCC)CC2)n1. The van der Waals surface area contributed by atoms with E-state index in [1.807, 2.05) is 11.8 Å². The molecular formula is C14H25N5O2. The molecule has 7 heteroatoms. The van der Waals surface area contributed by atoms with Gasteiger partial charge in [0.2, 0.25) is 5.89 Å². The molecule has 21 heavy (non-hydrogen) atoms. The maximum atomic E-state index is 11.7. The van der Waals surface area contributed by atoms with E-state index < -0.39 is 0 Å². The molecule has 0 atom stereocenters. The molecule has 0 saturated carbocycles. The number of hydrogen-bond acceptors (Lipinski definition) is 5. The lowest BCUT2D eigenvalue weighted by molar-refractivity contribution is 0.127. The number of nitrogens with zero attached hydrogens (tertiary/aromatic N) is 4. The van der Waals surface area contributed by atoms with Crippen molar-refractivity contribution in [2.24, 2.45) is 0 Å². The normalized spacial score (nSPS) is 16.2. The molecule has 2 amide bonds. The maximum absolute atomic E-state index is 11.7. The molecule has 1 aromatic heterocycles. The second-order valence-corrected chi connectivity index (χ2v) is 5.31. The predicted molar refractivity (Wildman–Crippen MR) is 78.8 cm³/mol. The Bertz CT molecular complexity index is 440. The quantitative estimate of drug-likeness (QED) is 0.855. The summed E-state index contributed by atoms with van der Waals surface area (Å²) in [5, 5.41) is 6.83. The second-order valence-electron chi connectivity index (χ2n) is 5.31. The van der Waals surface area contributed by atoms with E-state index in [1.165, 1.54) is 0 Å². The van der Waals surface area contributed by atoms with E-state index in [4.69, 9.17) is 4.52 Å². The number of urea groups is 1. The van der Waals surface area contributed by atoms with Gasteiger partial charge < -0.3 is 14.7 Å². The van der Waals surface area contributed by atoms with Gasteiger partial charge in [0, 0.05) is 39.1 Å². The molecule has 1 N–H and O–H groups in total. The first-order chi connectivity index (χ1) is 10.2. The third kappa shape index (κ3) is 4.70. The first kappa shape index (κ1) is 15.8. The fraction of sp³-hybridized carbons (Fsp3) is 0.786. The molecule has 0 radical (unpaired) electrons. The molecule has 0 aromatic carbocycles. The lowest BCUT2D eigenvalue weighted by atomic mass is 10.2. The topological polar surface area (TPSA) is 74.5 Å². The van der Waals surface area contributed by atoms with E-state index >= 15 is 0 Å². The van der Waals surface area contributed by atoms with Crippen LogP contribution in [0.4, 0.5) is 4.79 Å². The summed E-state index contributed by atoms with van der Waals surface area (Å²) in [5.41, 5.74) is 0. The monoisotopic (exact) mass is 295 g/mol. The zero-order chi connectivity index (χ0) is 15.1. The maximum Gasteiger partial charge on any atom is 0.317 e. The third-order valence-corrected chi connectivity index (χ3v) is 3.61. The van der Waals surface area contributed by atoms with Crippen molar-refractivity contribution in [1.82, 2.24) is 25.3 Å². The lowest BCUT2D eigenvalue weighted by Gasteiger charge is -2.33. The number of hydrogen-bond donors (Lipinski definition) is 1. The minimum Gasteiger partial charge on any atom is -0.338 e. The van der Waals surface area contributed by atoms with Gasteiger partial charge in [-0.15, -0.1) is 0 Å². The third-order valence-electron chi connectivity index (χ3n) is 3.61. The number of rotatable bonds is 6. The van der Waals surface area contributed by atoms with Gasteiger partial charge in [-0.3, -0.25) is 4.90 Å². The van der Waals surface area contributed by atoms with E-state index in [0.717, 1.165) is 51.3 Å². The molecule has 0 bridgehead atoms. The number of piperazine rings is 1. The minimum atomic E-state index is 0.0248. The molecule has 118 valence electrons. The number of carbonyl (C=O) groups is 1. The molecule has 0 unspecified atom stereocenters. The van der Waals surface area contributed by atoms with Gasteiger partial charge in [0.25, 0.3) is 0 Å². The van der Waals surface area contributed by atoms with Gasteiger partial charge in [-0.1, -0.05) is 18.5 Å². The Morgan fingerprint density at radius 2 is 2.05 bits per heavy atom. The first-order valence-electron chi connectivity index (χ1n) is 7.79. The number of unbranched alkanes of at least 4 members (excludes halogenated alkanes) is 1. The zero-order valence-electron chi connectivity index (χ0n) is 13.0. The van der Waals surface area contributed by atoms with Crippen molar-refractivity contribution in [1.29, 1.82) is 0 Å². The zero-order valence-corrected chi connectivity index (χ0v) is 13.0. The van der Waals surface area contributed by atoms with Crippen LogP contribution < -0.4 is 5.32 Å². The number of aryl methyl sites for hydroxylation is 1. The van der Waals surface area contributed by atoms with Crippen molar-refractivity contribution in [3.63, 3.8) is 0 Å². The number of nitrogens with one attached hydrogen (secondary N) is 1. The van der Waals surface area contributed by atoms with Crippen LogP contribution in [0.15, 0.2) is 4.52 Å². The van der Waals surface area contributed by atoms with Crippen molar-refractivity contribution in [2.75, 3.05) is 32.7 Å². The van der Waals surface area contributed by atoms with Crippen molar-refractivity contribution in [3.8, 4) is 0 Å². The molecule has 1 aliphatic heterocycles. The fourth-order valence-corrected chi connectivity index (χ4v) is 2.35. The van der Waals surface area contributed by atoms with Crippen molar-refractivity contribution in [3.05, 3.63) is 11.7 Å². The van der Waals surface area contributed by atoms with Crippen LogP contribution >= 0.6 is 0 Å². The Labute approximate surface area is 125 Å². The average molecular weight is 295 g/mol. The largest absolute Gasteiger partial charge is 0.338 e. The van der Waals surface area contributed by atoms with Gasteiger partial charge >= 0.3 is 6.03 Å². The van der Waals surface area contributed by atoms with E-state index in [-0.39, 0.29) is 6.03 Å². The molecule has 1 fully saturated rings. The van der Waals surface area contributed by atoms with E-state index in [1.54, 1.807) is 0 Å². The first-order valence-corrected chi connectivity index (χ1v) is 7.79. The van der Waals surface area contributed by atoms with Gasteiger partial charge in [0.05, 0.1) is 6.54 Å². The van der Waals surface area contributed by atoms with Crippen LogP contribution in [-0.4, -0.2) is 58.7 Å². The summed E-state index contributed by atoms with van der Waals surface area (Å²) in [6.45, 7) is 8.57. The fourth-order valence-electron chi connectivity index (χ4n) is 2.35. The van der Waals surface area contributed by atoms with Crippen LogP contribution in [0.3, 0.4) is 0 Å². The molecule has 0 spiro atoms. The van der Waals surface area contributed by atoms with Crippen LogP contribution in [0.2, 0.25) is 0 Å². The molecule has 2 heterocycles. The summed E-state index contributed by atoms with van der Waals surface area (Å²) in [7, 11) is 0. The van der Waals surface area contributed by atoms with Crippen molar-refractivity contribution < 1.29 is 9.32 Å². The summed E-state index contributed by atoms with van der Waals surface area (Å²) < 4.78 is 5.28. The van der Waals surface area contributed by atoms with E-state index in [0.29, 0.717) is 19.0 Å². The Morgan fingerprint density at radius 3 is 2.71 bits per heavy atom. The molecular weight excluding hydrogens is 270 g/mol. The smallest absolute Gasteiger partial charge is 0.317 e. The average Bonchev–Trinajstić information content (AvgIpc) is 2.93. The van der Waals surface area contributed by atoms with Gasteiger partial charge in [0.1, 0.15) is 0 Å². The molecule has 2 rings (SSSR count). The highest BCUT2D eigenvalue weighted by Gasteiger charge is 2.21. The summed E-state index contributed by atoms with van der Waals surface area (Å²) in [6.07, 6.45) is 3.10. The van der Waals surface area contributed by atoms with Crippen LogP contribution in [0.5, 0.6) is 0 Å². The van der Waals surface area contributed by atoms with Crippen molar-refractivity contribution in [2.45, 2.75) is 39.7 Å². The van der Waals surface area contributed by atoms with Gasteiger partial charge in [-0.05, 0) is 13.3 Å². The highest BCUT2D eigenvalue weighted by Crippen LogP contribution is 2.08. The lowest BCUT2D eigenvalue weighted by Crippen LogP contribution is -2.51. The number of amides is 2. The summed E-state index contributed by atoms with van der Waals surface area (Å²) in [5.74, 6) is 1.47. The van der Waals surface area contributed by atoms with Crippen molar-refractivity contribution >= 4 is 6.03 Å². The molecule has 0 aliphatic carbocycles. The number of carbonyl (C=O) groups excluding carboxylic acids is 1. The Hall–Kier alpha value is -1.63. The highest BCUT2D eigenvalue weighted by molar-refractivity contribution is 5.74. The van der Waals surface area contributed by atoms with Gasteiger partial charge in [-0.2, -0.15) is 4.98 Å². The molecule has 1 saturated heterocycles. The Morgan fingerprint density at radius 1 is 1.29 bits per heavy atom. The van der Waals surface area contributed by atoms with E-state index in [2.05, 4.69) is 27.3 Å². The Kier molecular flexibility index (Phi) is 5.98. The standard InChI is InChI=1S/C14H25N5O2/c1-3-5-6-12-16-13(21-17-12)11-18-7-9-19(10-8-18)14(20)15-4-2/h3-11H2,1-2H3,(H,15,20). The van der Waals surface area contributed by atoms with Gasteiger partial charge in [0.15, 0.2) is 5.82 Å². The second kappa shape index (κ2) is 7.97. The summed E-state index contributed by atoms with van der Waals surface area (Å²) in [4.78, 5) is 20.2. The predicted octanol–water partition coefficient (Wildman–Crippen LogP) is 1.26. The summed E-state index contributed by atoms with van der Waals surface area (Å²) >= 11 is 0. The molecule has 7 nitrogen and oxygen atoms in total. The van der Waals surface area contributed by atoms with Crippen LogP contribution in [0.25, 0.3) is 0 Å². The highest BCUT2D eigenvalue weighted by atomic mass is 16.5. The van der Waals surface area contributed by atoms with Crippen LogP contribution in [-0.2, 0) is 13.0 Å². The van der Waals surface area contributed by atoms with Crippen LogP contribution in [0.1, 0.15) is 38.4 Å². The van der Waals surface area contributed by atoms with Gasteiger partial charge in [-0.25, -0.2) is 4.79 Å². The molecule has 1 aliphatic rings. The van der Waals surface area contributed by atoms with E-state index in [9.17, 15) is 4.79 Å². The molecule has 1 aromatic rings. The Balaban J connectivity index is 1.75. The number of aromatic nitrogens is 2. The van der Waals surface area contributed by atoms with Crippen LogP contribution in [0, 0.1) is 0 Å². The summed E-state index contributed by atoms with van der Waals surface area (Å²) in [6, 6.07) is 0.0248.